The number of Topliss-reactive ketones (excluding diaryl/α,β-unsaturated/α-hetero) is 1. The summed E-state index contributed by atoms with van der Waals surface area (Å²) < 4.78 is 10.9. The van der Waals surface area contributed by atoms with Crippen molar-refractivity contribution < 1.29 is 14.1 Å². The Bertz CT molecular complexity index is 676. The van der Waals surface area contributed by atoms with E-state index in [1.807, 2.05) is 24.3 Å². The number of nitrogens with zero attached hydrogens (tertiary/aromatic N) is 2. The molecule has 0 bridgehead atoms. The summed E-state index contributed by atoms with van der Waals surface area (Å²) in [6.07, 6.45) is 3.11. The largest absolute Gasteiger partial charge is 0.493 e. The molecule has 1 aromatic carbocycles. The minimum absolute atomic E-state index is 0.0866. The Morgan fingerprint density at radius 1 is 1.24 bits per heavy atom. The lowest BCUT2D eigenvalue weighted by Gasteiger charge is -2.23. The summed E-state index contributed by atoms with van der Waals surface area (Å²) in [5.74, 6) is 2.51. The number of ether oxygens (including phenoxy) is 1. The van der Waals surface area contributed by atoms with E-state index < -0.39 is 0 Å². The van der Waals surface area contributed by atoms with E-state index in [9.17, 15) is 4.79 Å². The highest BCUT2D eigenvalue weighted by molar-refractivity contribution is 5.84. The summed E-state index contributed by atoms with van der Waals surface area (Å²) in [5, 5.41) is 4.08. The van der Waals surface area contributed by atoms with Crippen LogP contribution >= 0.6 is 0 Å². The van der Waals surface area contributed by atoms with E-state index in [0.717, 1.165) is 30.6 Å². The monoisotopic (exact) mass is 284 g/mol. The number of fused-ring (bicyclic) bond motifs is 1. The van der Waals surface area contributed by atoms with Crippen LogP contribution in [0.3, 0.4) is 0 Å². The zero-order valence-electron chi connectivity index (χ0n) is 11.6. The fourth-order valence-electron chi connectivity index (χ4n) is 2.79. The van der Waals surface area contributed by atoms with Crippen molar-refractivity contribution in [3.8, 4) is 5.75 Å². The highest BCUT2D eigenvalue weighted by atomic mass is 16.5. The maximum absolute atomic E-state index is 11.8. The van der Waals surface area contributed by atoms with Gasteiger partial charge in [0.1, 0.15) is 11.5 Å². The van der Waals surface area contributed by atoms with Gasteiger partial charge in [-0.05, 0) is 25.3 Å². The van der Waals surface area contributed by atoms with Crippen molar-refractivity contribution in [2.75, 3.05) is 6.61 Å². The number of hydrogen-bond acceptors (Lipinski definition) is 5. The van der Waals surface area contributed by atoms with Crippen molar-refractivity contribution in [1.29, 1.82) is 0 Å². The summed E-state index contributed by atoms with van der Waals surface area (Å²) in [7, 11) is 0. The molecule has 0 saturated heterocycles. The number of ketones is 1. The molecule has 1 aromatic heterocycles. The predicted octanol–water partition coefficient (Wildman–Crippen LogP) is 2.51. The molecular formula is C16H16N2O3. The first-order chi connectivity index (χ1) is 10.3. The normalized spacial score (nSPS) is 20.7. The van der Waals surface area contributed by atoms with Crippen LogP contribution in [0.2, 0.25) is 0 Å². The van der Waals surface area contributed by atoms with Crippen LogP contribution in [0.4, 0.5) is 0 Å². The second kappa shape index (κ2) is 4.98. The van der Waals surface area contributed by atoms with Gasteiger partial charge in [-0.2, -0.15) is 4.98 Å². The second-order valence-electron chi connectivity index (χ2n) is 5.69. The molecule has 1 atom stereocenters. The summed E-state index contributed by atoms with van der Waals surface area (Å²) in [5.41, 5.74) is 1.09. The maximum atomic E-state index is 11.8. The Hall–Kier alpha value is -2.17. The summed E-state index contributed by atoms with van der Waals surface area (Å²) in [6, 6.07) is 7.93. The third kappa shape index (κ3) is 2.44. The summed E-state index contributed by atoms with van der Waals surface area (Å²) in [4.78, 5) is 16.2. The van der Waals surface area contributed by atoms with Crippen molar-refractivity contribution in [3.05, 3.63) is 41.5 Å². The van der Waals surface area contributed by atoms with Crippen molar-refractivity contribution in [3.63, 3.8) is 0 Å². The third-order valence-electron chi connectivity index (χ3n) is 4.11. The number of benzene rings is 1. The van der Waals surface area contributed by atoms with Crippen LogP contribution in [0.25, 0.3) is 0 Å². The van der Waals surface area contributed by atoms with Crippen LogP contribution in [-0.2, 0) is 11.2 Å². The Morgan fingerprint density at radius 3 is 2.95 bits per heavy atom. The molecule has 2 heterocycles. The molecule has 4 rings (SSSR count). The zero-order valence-corrected chi connectivity index (χ0v) is 11.6. The second-order valence-corrected chi connectivity index (χ2v) is 5.69. The smallest absolute Gasteiger partial charge is 0.234 e. The molecule has 2 aliphatic rings. The number of aromatic nitrogens is 2. The molecule has 0 amide bonds. The molecular weight excluding hydrogens is 268 g/mol. The number of hydrogen-bond donors (Lipinski definition) is 0. The van der Waals surface area contributed by atoms with Crippen molar-refractivity contribution in [1.82, 2.24) is 10.1 Å². The van der Waals surface area contributed by atoms with Crippen LogP contribution in [-0.4, -0.2) is 22.5 Å². The average molecular weight is 284 g/mol. The molecule has 1 unspecified atom stereocenters. The first-order valence-corrected chi connectivity index (χ1v) is 7.38. The fourth-order valence-corrected chi connectivity index (χ4v) is 2.79. The van der Waals surface area contributed by atoms with Gasteiger partial charge in [-0.25, -0.2) is 0 Å². The first kappa shape index (κ1) is 12.6. The third-order valence-corrected chi connectivity index (χ3v) is 4.11. The van der Waals surface area contributed by atoms with Crippen molar-refractivity contribution >= 4 is 5.78 Å². The lowest BCUT2D eigenvalue weighted by molar-refractivity contribution is -0.119. The van der Waals surface area contributed by atoms with E-state index in [-0.39, 0.29) is 24.0 Å². The Balaban J connectivity index is 1.57. The van der Waals surface area contributed by atoms with Gasteiger partial charge in [0.15, 0.2) is 5.82 Å². The summed E-state index contributed by atoms with van der Waals surface area (Å²) >= 11 is 0. The van der Waals surface area contributed by atoms with E-state index in [0.29, 0.717) is 18.3 Å². The van der Waals surface area contributed by atoms with Gasteiger partial charge in [-0.3, -0.25) is 4.79 Å². The number of rotatable bonds is 4. The molecule has 108 valence electrons. The molecule has 5 nitrogen and oxygen atoms in total. The lowest BCUT2D eigenvalue weighted by atomic mass is 9.92. The number of carbonyl (C=O) groups excluding carboxylic acids is 1. The highest BCUT2D eigenvalue weighted by Gasteiger charge is 2.31. The van der Waals surface area contributed by atoms with E-state index in [2.05, 4.69) is 10.1 Å². The molecule has 0 N–H and O–H groups in total. The standard InChI is InChI=1S/C16H16N2O3/c19-13(10-5-6-10)9-15-17-16(18-21-15)12-7-8-20-14-4-2-1-3-11(12)14/h1-4,10,12H,5-9H2. The molecule has 1 aliphatic heterocycles. The molecule has 0 radical (unpaired) electrons. The Labute approximate surface area is 122 Å². The molecule has 2 aromatic rings. The Kier molecular flexibility index (Phi) is 2.98. The van der Waals surface area contributed by atoms with Crippen molar-refractivity contribution in [2.24, 2.45) is 5.92 Å². The van der Waals surface area contributed by atoms with E-state index >= 15 is 0 Å². The molecule has 0 spiro atoms. The quantitative estimate of drug-likeness (QED) is 0.863. The lowest BCUT2D eigenvalue weighted by Crippen LogP contribution is -2.16. The predicted molar refractivity (Wildman–Crippen MR) is 74.1 cm³/mol. The SMILES string of the molecule is O=C(Cc1nc(C2CCOc3ccccc32)no1)C1CC1. The number of carbonyl (C=O) groups is 1. The van der Waals surface area contributed by atoms with Crippen LogP contribution in [0.5, 0.6) is 5.75 Å². The van der Waals surface area contributed by atoms with Gasteiger partial charge in [0.2, 0.25) is 5.89 Å². The van der Waals surface area contributed by atoms with Crippen molar-refractivity contribution in [2.45, 2.75) is 31.6 Å². The zero-order chi connectivity index (χ0) is 14.2. The van der Waals surface area contributed by atoms with Gasteiger partial charge in [0.25, 0.3) is 0 Å². The van der Waals surface area contributed by atoms with E-state index in [1.54, 1.807) is 0 Å². The van der Waals surface area contributed by atoms with Crippen LogP contribution in [0, 0.1) is 5.92 Å². The van der Waals surface area contributed by atoms with Gasteiger partial charge in [-0.1, -0.05) is 23.4 Å². The number of para-hydroxylation sites is 1. The Morgan fingerprint density at radius 2 is 2.10 bits per heavy atom. The topological polar surface area (TPSA) is 65.2 Å². The van der Waals surface area contributed by atoms with Gasteiger partial charge in [0, 0.05) is 11.5 Å². The summed E-state index contributed by atoms with van der Waals surface area (Å²) in [6.45, 7) is 0.645. The molecule has 5 heteroatoms. The first-order valence-electron chi connectivity index (χ1n) is 7.38. The highest BCUT2D eigenvalue weighted by Crippen LogP contribution is 2.36. The molecule has 21 heavy (non-hydrogen) atoms. The van der Waals surface area contributed by atoms with Gasteiger partial charge in [0.05, 0.1) is 18.9 Å². The van der Waals surface area contributed by atoms with Gasteiger partial charge < -0.3 is 9.26 Å². The molecule has 1 fully saturated rings. The molecule has 1 saturated carbocycles. The average Bonchev–Trinajstić information content (AvgIpc) is 3.27. The fraction of sp³-hybridized carbons (Fsp3) is 0.438. The minimum atomic E-state index is 0.0866. The van der Waals surface area contributed by atoms with Gasteiger partial charge >= 0.3 is 0 Å². The minimum Gasteiger partial charge on any atom is -0.493 e. The van der Waals surface area contributed by atoms with Crippen LogP contribution in [0.1, 0.15) is 42.5 Å². The molecule has 1 aliphatic carbocycles. The van der Waals surface area contributed by atoms with Crippen LogP contribution in [0.15, 0.2) is 28.8 Å². The van der Waals surface area contributed by atoms with E-state index in [1.165, 1.54) is 0 Å². The maximum Gasteiger partial charge on any atom is 0.234 e. The van der Waals surface area contributed by atoms with Crippen LogP contribution < -0.4 is 4.74 Å². The van der Waals surface area contributed by atoms with E-state index in [4.69, 9.17) is 9.26 Å². The van der Waals surface area contributed by atoms with Gasteiger partial charge in [-0.15, -0.1) is 0 Å².